The van der Waals surface area contributed by atoms with Gasteiger partial charge in [0.25, 0.3) is 5.56 Å². The minimum Gasteiger partial charge on any atom is -0.344 e. The van der Waals surface area contributed by atoms with Gasteiger partial charge >= 0.3 is 11.8 Å². The maximum atomic E-state index is 12.1. The molecule has 26 heavy (non-hydrogen) atoms. The Morgan fingerprint density at radius 3 is 2.77 bits per heavy atom. The monoisotopic (exact) mass is 360 g/mol. The molecule has 1 aromatic rings. The van der Waals surface area contributed by atoms with Crippen molar-refractivity contribution in [1.29, 1.82) is 0 Å². The molecule has 0 spiro atoms. The number of aromatic amines is 1. The predicted molar refractivity (Wildman–Crippen MR) is 94.4 cm³/mol. The van der Waals surface area contributed by atoms with Gasteiger partial charge in [0.15, 0.2) is 0 Å². The topological polar surface area (TPSA) is 103 Å². The highest BCUT2D eigenvalue weighted by molar-refractivity contribution is 6.34. The van der Waals surface area contributed by atoms with Crippen LogP contribution in [0.25, 0.3) is 0 Å². The van der Waals surface area contributed by atoms with Crippen molar-refractivity contribution in [3.8, 4) is 0 Å². The van der Waals surface area contributed by atoms with Crippen molar-refractivity contribution in [2.75, 3.05) is 26.7 Å². The van der Waals surface area contributed by atoms with Crippen LogP contribution in [-0.2, 0) is 33.8 Å². The van der Waals surface area contributed by atoms with Gasteiger partial charge in [0.1, 0.15) is 0 Å². The quantitative estimate of drug-likeness (QED) is 0.695. The third-order valence-corrected chi connectivity index (χ3v) is 5.02. The fraction of sp³-hybridized carbons (Fsp3) is 0.556. The summed E-state index contributed by atoms with van der Waals surface area (Å²) in [6, 6.07) is 1.81. The highest BCUT2D eigenvalue weighted by Gasteiger charge is 2.23. The Morgan fingerprint density at radius 2 is 2.04 bits per heavy atom. The van der Waals surface area contributed by atoms with E-state index in [-0.39, 0.29) is 18.0 Å². The van der Waals surface area contributed by atoms with Crippen molar-refractivity contribution in [2.45, 2.75) is 38.6 Å². The molecule has 2 heterocycles. The Morgan fingerprint density at radius 1 is 1.23 bits per heavy atom. The van der Waals surface area contributed by atoms with Gasteiger partial charge in [-0.15, -0.1) is 0 Å². The molecule has 1 saturated heterocycles. The number of carbonyl (C=O) groups is 3. The third-order valence-electron chi connectivity index (χ3n) is 5.02. The molecule has 1 fully saturated rings. The van der Waals surface area contributed by atoms with E-state index in [4.69, 9.17) is 0 Å². The van der Waals surface area contributed by atoms with Crippen LogP contribution in [0.1, 0.15) is 36.1 Å². The SMILES string of the molecule is CN(CCN1CCCC1=O)C(=O)C(=O)NCc1cc2c([nH]c1=O)CCC2. The number of aryl methyl sites for hydroxylation is 2. The van der Waals surface area contributed by atoms with Crippen molar-refractivity contribution >= 4 is 17.7 Å². The molecule has 0 unspecified atom stereocenters. The minimum atomic E-state index is -0.750. The summed E-state index contributed by atoms with van der Waals surface area (Å²) in [5.41, 5.74) is 2.31. The largest absolute Gasteiger partial charge is 0.344 e. The van der Waals surface area contributed by atoms with Crippen LogP contribution < -0.4 is 10.9 Å². The highest BCUT2D eigenvalue weighted by atomic mass is 16.2. The summed E-state index contributed by atoms with van der Waals surface area (Å²) in [6.07, 6.45) is 4.20. The Balaban J connectivity index is 1.50. The van der Waals surface area contributed by atoms with Crippen LogP contribution in [0.5, 0.6) is 0 Å². The second kappa shape index (κ2) is 7.72. The molecule has 3 rings (SSSR count). The smallest absolute Gasteiger partial charge is 0.311 e. The molecule has 1 aliphatic heterocycles. The van der Waals surface area contributed by atoms with Gasteiger partial charge < -0.3 is 20.1 Å². The molecule has 0 saturated carbocycles. The van der Waals surface area contributed by atoms with E-state index in [1.165, 1.54) is 11.9 Å². The number of hydrogen-bond acceptors (Lipinski definition) is 4. The van der Waals surface area contributed by atoms with E-state index < -0.39 is 11.8 Å². The average Bonchev–Trinajstić information content (AvgIpc) is 3.24. The molecule has 1 aliphatic carbocycles. The Labute approximate surface area is 151 Å². The lowest BCUT2D eigenvalue weighted by atomic mass is 10.1. The number of fused-ring (bicyclic) bond motifs is 1. The van der Waals surface area contributed by atoms with Crippen LogP contribution in [0.15, 0.2) is 10.9 Å². The normalized spacial score (nSPS) is 15.9. The number of nitrogens with one attached hydrogen (secondary N) is 2. The summed E-state index contributed by atoms with van der Waals surface area (Å²) in [4.78, 5) is 53.7. The van der Waals surface area contributed by atoms with Gasteiger partial charge in [0.2, 0.25) is 5.91 Å². The van der Waals surface area contributed by atoms with Crippen LogP contribution in [-0.4, -0.2) is 59.2 Å². The van der Waals surface area contributed by atoms with E-state index in [2.05, 4.69) is 10.3 Å². The number of carbonyl (C=O) groups excluding carboxylic acids is 3. The summed E-state index contributed by atoms with van der Waals surface area (Å²) in [5.74, 6) is -1.33. The lowest BCUT2D eigenvalue weighted by Crippen LogP contribution is -2.44. The van der Waals surface area contributed by atoms with Crippen LogP contribution in [0.4, 0.5) is 0 Å². The third kappa shape index (κ3) is 3.95. The maximum absolute atomic E-state index is 12.1. The molecule has 0 atom stereocenters. The summed E-state index contributed by atoms with van der Waals surface area (Å²) < 4.78 is 0. The lowest BCUT2D eigenvalue weighted by molar-refractivity contribution is -0.145. The second-order valence-corrected chi connectivity index (χ2v) is 6.87. The van der Waals surface area contributed by atoms with Crippen LogP contribution in [0.3, 0.4) is 0 Å². The fourth-order valence-electron chi connectivity index (χ4n) is 3.43. The first-order chi connectivity index (χ1) is 12.5. The molecule has 0 aromatic carbocycles. The molecule has 3 amide bonds. The fourth-order valence-corrected chi connectivity index (χ4v) is 3.43. The molecule has 8 heteroatoms. The van der Waals surface area contributed by atoms with E-state index in [1.807, 2.05) is 6.07 Å². The number of nitrogens with zero attached hydrogens (tertiary/aromatic N) is 2. The first-order valence-corrected chi connectivity index (χ1v) is 9.00. The molecule has 0 bridgehead atoms. The zero-order chi connectivity index (χ0) is 18.7. The van der Waals surface area contributed by atoms with Gasteiger partial charge in [-0.1, -0.05) is 0 Å². The molecular weight excluding hydrogens is 336 g/mol. The number of likely N-dealkylation sites (N-methyl/N-ethyl adjacent to an activating group) is 1. The van der Waals surface area contributed by atoms with Crippen molar-refractivity contribution in [1.82, 2.24) is 20.1 Å². The lowest BCUT2D eigenvalue weighted by Gasteiger charge is -2.21. The van der Waals surface area contributed by atoms with E-state index in [0.29, 0.717) is 31.6 Å². The highest BCUT2D eigenvalue weighted by Crippen LogP contribution is 2.18. The molecule has 140 valence electrons. The number of hydrogen-bond donors (Lipinski definition) is 2. The number of likely N-dealkylation sites (tertiary alicyclic amines) is 1. The predicted octanol–water partition coefficient (Wildman–Crippen LogP) is -0.439. The number of pyridine rings is 1. The molecule has 0 radical (unpaired) electrons. The van der Waals surface area contributed by atoms with Gasteiger partial charge in [-0.3, -0.25) is 19.2 Å². The van der Waals surface area contributed by atoms with Gasteiger partial charge in [-0.25, -0.2) is 0 Å². The van der Waals surface area contributed by atoms with Gasteiger partial charge in [0.05, 0.1) is 0 Å². The van der Waals surface area contributed by atoms with E-state index in [0.717, 1.165) is 36.9 Å². The summed E-state index contributed by atoms with van der Waals surface area (Å²) in [7, 11) is 1.53. The molecular formula is C18H24N4O4. The van der Waals surface area contributed by atoms with Gasteiger partial charge in [-0.2, -0.15) is 0 Å². The molecule has 8 nitrogen and oxygen atoms in total. The Kier molecular flexibility index (Phi) is 5.39. The second-order valence-electron chi connectivity index (χ2n) is 6.87. The van der Waals surface area contributed by atoms with Crippen molar-refractivity contribution in [3.05, 3.63) is 33.2 Å². The minimum absolute atomic E-state index is 0.0195. The first-order valence-electron chi connectivity index (χ1n) is 9.00. The average molecular weight is 360 g/mol. The van der Waals surface area contributed by atoms with E-state index in [9.17, 15) is 19.2 Å². The molecule has 1 aromatic heterocycles. The van der Waals surface area contributed by atoms with Crippen LogP contribution in [0, 0.1) is 0 Å². The zero-order valence-corrected chi connectivity index (χ0v) is 15.0. The Hall–Kier alpha value is -2.64. The summed E-state index contributed by atoms with van der Waals surface area (Å²) in [6.45, 7) is 1.45. The summed E-state index contributed by atoms with van der Waals surface area (Å²) >= 11 is 0. The van der Waals surface area contributed by atoms with Gasteiger partial charge in [0, 0.05) is 50.9 Å². The Bertz CT molecular complexity index is 786. The summed E-state index contributed by atoms with van der Waals surface area (Å²) in [5, 5.41) is 2.52. The standard InChI is InChI=1S/C18H24N4O4/c1-21(8-9-22-7-3-6-15(22)23)18(26)17(25)19-11-13-10-12-4-2-5-14(12)20-16(13)24/h10H,2-9,11H2,1H3,(H,19,25)(H,20,24). The number of H-pyrrole nitrogens is 1. The van der Waals surface area contributed by atoms with E-state index in [1.54, 1.807) is 4.90 Å². The van der Waals surface area contributed by atoms with E-state index >= 15 is 0 Å². The number of aromatic nitrogens is 1. The van der Waals surface area contributed by atoms with Crippen molar-refractivity contribution < 1.29 is 14.4 Å². The van der Waals surface area contributed by atoms with Gasteiger partial charge in [-0.05, 0) is 37.3 Å². The number of amides is 3. The van der Waals surface area contributed by atoms with Crippen molar-refractivity contribution in [3.63, 3.8) is 0 Å². The molecule has 2 aliphatic rings. The van der Waals surface area contributed by atoms with Crippen LogP contribution >= 0.6 is 0 Å². The zero-order valence-electron chi connectivity index (χ0n) is 15.0. The first kappa shape index (κ1) is 18.2. The molecule has 2 N–H and O–H groups in total. The number of rotatable bonds is 5. The van der Waals surface area contributed by atoms with Crippen LogP contribution in [0.2, 0.25) is 0 Å². The van der Waals surface area contributed by atoms with Crippen molar-refractivity contribution in [2.24, 2.45) is 0 Å². The maximum Gasteiger partial charge on any atom is 0.311 e.